The van der Waals surface area contributed by atoms with Gasteiger partial charge in [0.25, 0.3) is 0 Å². The Labute approximate surface area is 89.9 Å². The van der Waals surface area contributed by atoms with Crippen LogP contribution in [-0.2, 0) is 0 Å². The Kier molecular flexibility index (Phi) is 2.68. The van der Waals surface area contributed by atoms with Crippen LogP contribution in [0.2, 0.25) is 0 Å². The van der Waals surface area contributed by atoms with Gasteiger partial charge in [0.15, 0.2) is 0 Å². The minimum atomic E-state index is 1.10. The molecule has 15 heavy (non-hydrogen) atoms. The Morgan fingerprint density at radius 3 is 2.67 bits per heavy atom. The van der Waals surface area contributed by atoms with Crippen molar-refractivity contribution >= 4 is 23.4 Å². The first-order valence-electron chi connectivity index (χ1n) is 5.12. The van der Waals surface area contributed by atoms with Crippen LogP contribution in [0.15, 0.2) is 48.6 Å². The molecule has 0 fully saturated rings. The molecule has 0 saturated carbocycles. The van der Waals surface area contributed by atoms with Gasteiger partial charge in [0, 0.05) is 0 Å². The van der Waals surface area contributed by atoms with E-state index >= 15 is 0 Å². The van der Waals surface area contributed by atoms with Crippen LogP contribution in [0.1, 0.15) is 6.92 Å². The molecule has 0 aromatic heterocycles. The van der Waals surface area contributed by atoms with Gasteiger partial charge >= 0.3 is 0 Å². The highest BCUT2D eigenvalue weighted by atomic mass is 14.0. The summed E-state index contributed by atoms with van der Waals surface area (Å²) in [4.78, 5) is 0. The molecular formula is C15H14. The van der Waals surface area contributed by atoms with Gasteiger partial charge in [0.05, 0.1) is 0 Å². The van der Waals surface area contributed by atoms with Gasteiger partial charge in [0.2, 0.25) is 0 Å². The summed E-state index contributed by atoms with van der Waals surface area (Å²) in [5.74, 6) is 0. The SMILES string of the molecule is C=c1/c(=C\C=C/C)ccc2ccccc12. The van der Waals surface area contributed by atoms with E-state index in [1.54, 1.807) is 0 Å². The van der Waals surface area contributed by atoms with Gasteiger partial charge in [-0.15, -0.1) is 0 Å². The molecule has 0 N–H and O–H groups in total. The van der Waals surface area contributed by atoms with Crippen LogP contribution >= 0.6 is 0 Å². The molecule has 0 atom stereocenters. The summed E-state index contributed by atoms with van der Waals surface area (Å²) in [6.07, 6.45) is 6.15. The number of hydrogen-bond acceptors (Lipinski definition) is 0. The lowest BCUT2D eigenvalue weighted by Gasteiger charge is -1.97. The lowest BCUT2D eigenvalue weighted by atomic mass is 10.1. The predicted octanol–water partition coefficient (Wildman–Crippen LogP) is 2.61. The molecule has 0 heterocycles. The Bertz CT molecular complexity index is 603. The molecule has 0 spiro atoms. The van der Waals surface area contributed by atoms with Crippen molar-refractivity contribution in [2.45, 2.75) is 6.92 Å². The first-order chi connectivity index (χ1) is 7.33. The second kappa shape index (κ2) is 4.14. The van der Waals surface area contributed by atoms with E-state index in [2.05, 4.69) is 49.1 Å². The fourth-order valence-electron chi connectivity index (χ4n) is 1.71. The second-order valence-electron chi connectivity index (χ2n) is 3.55. The van der Waals surface area contributed by atoms with E-state index < -0.39 is 0 Å². The maximum absolute atomic E-state index is 4.14. The number of fused-ring (bicyclic) bond motifs is 1. The molecule has 0 radical (unpaired) electrons. The van der Waals surface area contributed by atoms with E-state index in [-0.39, 0.29) is 0 Å². The molecule has 2 aromatic rings. The standard InChI is InChI=1S/C15H14/c1-3-4-7-13-10-11-14-8-5-6-9-15(14)12(13)2/h3-11H,2H2,1H3/b4-3-,13-7-. The molecule has 74 valence electrons. The average molecular weight is 194 g/mol. The van der Waals surface area contributed by atoms with E-state index in [0.29, 0.717) is 0 Å². The van der Waals surface area contributed by atoms with E-state index in [1.165, 1.54) is 16.0 Å². The molecule has 0 saturated heterocycles. The van der Waals surface area contributed by atoms with Crippen LogP contribution < -0.4 is 10.4 Å². The van der Waals surface area contributed by atoms with Gasteiger partial charge in [-0.1, -0.05) is 61.2 Å². The summed E-state index contributed by atoms with van der Waals surface area (Å²) in [6, 6.07) is 12.6. The molecule has 0 aliphatic carbocycles. The second-order valence-corrected chi connectivity index (χ2v) is 3.55. The third kappa shape index (κ3) is 1.84. The first-order valence-corrected chi connectivity index (χ1v) is 5.12. The van der Waals surface area contributed by atoms with Crippen molar-refractivity contribution in [3.05, 3.63) is 59.0 Å². The Balaban J connectivity index is 2.82. The zero-order valence-corrected chi connectivity index (χ0v) is 8.90. The first kappa shape index (κ1) is 9.72. The van der Waals surface area contributed by atoms with Crippen molar-refractivity contribution in [1.29, 1.82) is 0 Å². The fourth-order valence-corrected chi connectivity index (χ4v) is 1.71. The van der Waals surface area contributed by atoms with E-state index in [4.69, 9.17) is 0 Å². The number of allylic oxidation sites excluding steroid dienone is 2. The van der Waals surface area contributed by atoms with Crippen LogP contribution in [0.3, 0.4) is 0 Å². The van der Waals surface area contributed by atoms with Crippen molar-refractivity contribution < 1.29 is 0 Å². The van der Waals surface area contributed by atoms with Crippen LogP contribution in [-0.4, -0.2) is 0 Å². The van der Waals surface area contributed by atoms with Crippen molar-refractivity contribution in [3.8, 4) is 0 Å². The highest BCUT2D eigenvalue weighted by Crippen LogP contribution is 2.05. The minimum Gasteiger partial charge on any atom is -0.0905 e. The average Bonchev–Trinajstić information content (AvgIpc) is 2.29. The largest absolute Gasteiger partial charge is 0.0905 e. The Morgan fingerprint density at radius 1 is 1.07 bits per heavy atom. The third-order valence-electron chi connectivity index (χ3n) is 2.55. The fraction of sp³-hybridized carbons (Fsp3) is 0.0667. The highest BCUT2D eigenvalue weighted by Gasteiger charge is 1.92. The summed E-state index contributed by atoms with van der Waals surface area (Å²) >= 11 is 0. The van der Waals surface area contributed by atoms with Gasteiger partial charge in [-0.05, 0) is 28.1 Å². The van der Waals surface area contributed by atoms with Gasteiger partial charge in [0.1, 0.15) is 0 Å². The van der Waals surface area contributed by atoms with Gasteiger partial charge in [-0.3, -0.25) is 0 Å². The normalized spacial score (nSPS) is 12.7. The minimum absolute atomic E-state index is 1.10. The van der Waals surface area contributed by atoms with E-state index in [0.717, 1.165) is 5.22 Å². The molecule has 0 amide bonds. The topological polar surface area (TPSA) is 0 Å². The van der Waals surface area contributed by atoms with Gasteiger partial charge in [-0.25, -0.2) is 0 Å². The van der Waals surface area contributed by atoms with E-state index in [9.17, 15) is 0 Å². The zero-order chi connectivity index (χ0) is 10.7. The van der Waals surface area contributed by atoms with Crippen molar-refractivity contribution in [2.75, 3.05) is 0 Å². The number of hydrogen-bond donors (Lipinski definition) is 0. The molecule has 0 bridgehead atoms. The summed E-state index contributed by atoms with van der Waals surface area (Å²) in [7, 11) is 0. The summed E-state index contributed by atoms with van der Waals surface area (Å²) < 4.78 is 0. The lowest BCUT2D eigenvalue weighted by Crippen LogP contribution is -2.22. The van der Waals surface area contributed by atoms with Crippen LogP contribution in [0, 0.1) is 0 Å². The molecular weight excluding hydrogens is 180 g/mol. The van der Waals surface area contributed by atoms with Gasteiger partial charge < -0.3 is 0 Å². The summed E-state index contributed by atoms with van der Waals surface area (Å²) in [5, 5.41) is 4.77. The van der Waals surface area contributed by atoms with Crippen LogP contribution in [0.4, 0.5) is 0 Å². The van der Waals surface area contributed by atoms with E-state index in [1.807, 2.05) is 19.1 Å². The highest BCUT2D eigenvalue weighted by molar-refractivity contribution is 5.83. The van der Waals surface area contributed by atoms with Crippen LogP contribution in [0.25, 0.3) is 23.4 Å². The molecule has 0 unspecified atom stereocenters. The Hall–Kier alpha value is -1.82. The van der Waals surface area contributed by atoms with Crippen molar-refractivity contribution in [1.82, 2.24) is 0 Å². The molecule has 0 aliphatic heterocycles. The van der Waals surface area contributed by atoms with Gasteiger partial charge in [-0.2, -0.15) is 0 Å². The zero-order valence-electron chi connectivity index (χ0n) is 8.90. The summed E-state index contributed by atoms with van der Waals surface area (Å²) in [5.41, 5.74) is 0. The summed E-state index contributed by atoms with van der Waals surface area (Å²) in [6.45, 7) is 6.15. The maximum Gasteiger partial charge on any atom is -0.0111 e. The molecule has 0 heteroatoms. The Morgan fingerprint density at radius 2 is 1.87 bits per heavy atom. The molecule has 2 aromatic carbocycles. The predicted molar refractivity (Wildman–Crippen MR) is 68.0 cm³/mol. The van der Waals surface area contributed by atoms with Crippen molar-refractivity contribution in [3.63, 3.8) is 0 Å². The molecule has 0 aliphatic rings. The van der Waals surface area contributed by atoms with Crippen molar-refractivity contribution in [2.24, 2.45) is 0 Å². The molecule has 0 nitrogen and oxygen atoms in total. The molecule has 2 rings (SSSR count). The number of rotatable bonds is 1. The smallest absolute Gasteiger partial charge is 0.0111 e. The lowest BCUT2D eigenvalue weighted by molar-refractivity contribution is 1.59. The maximum atomic E-state index is 4.14. The number of benzene rings is 2. The monoisotopic (exact) mass is 194 g/mol. The quantitative estimate of drug-likeness (QED) is 0.654. The van der Waals surface area contributed by atoms with Crippen LogP contribution in [0.5, 0.6) is 0 Å². The third-order valence-corrected chi connectivity index (χ3v) is 2.55.